The molecule has 2 aromatic carbocycles. The van der Waals surface area contributed by atoms with Gasteiger partial charge >= 0.3 is 0 Å². The molecule has 2 aliphatic carbocycles. The number of fused-ring (bicyclic) bond motifs is 5. The van der Waals surface area contributed by atoms with Gasteiger partial charge in [-0.05, 0) is 48.9 Å². The fraction of sp³-hybridized carbons (Fsp3) is 0.368. The van der Waals surface area contributed by atoms with E-state index in [1.165, 1.54) is 47.9 Å². The zero-order valence-corrected chi connectivity index (χ0v) is 11.8. The van der Waals surface area contributed by atoms with Crippen molar-refractivity contribution in [1.29, 1.82) is 0 Å². The van der Waals surface area contributed by atoms with Crippen molar-refractivity contribution in [3.63, 3.8) is 0 Å². The third kappa shape index (κ3) is 1.40. The van der Waals surface area contributed by atoms with E-state index in [0.29, 0.717) is 5.41 Å². The average Bonchev–Trinajstić information content (AvgIpc) is 2.97. The van der Waals surface area contributed by atoms with Gasteiger partial charge in [0, 0.05) is 5.41 Å². The molecule has 0 atom stereocenters. The van der Waals surface area contributed by atoms with Crippen LogP contribution in [-0.2, 0) is 5.41 Å². The molecule has 1 saturated carbocycles. The van der Waals surface area contributed by atoms with E-state index < -0.39 is 0 Å². The Bertz CT molecular complexity index is 658. The minimum Gasteiger partial charge on any atom is -0.0590 e. The van der Waals surface area contributed by atoms with Gasteiger partial charge in [-0.3, -0.25) is 0 Å². The maximum Gasteiger partial charge on any atom is 0.0215 e. The van der Waals surface area contributed by atoms with E-state index in [2.05, 4.69) is 50.2 Å². The second kappa shape index (κ2) is 3.72. The molecule has 0 amide bonds. The van der Waals surface area contributed by atoms with E-state index in [9.17, 15) is 0 Å². The van der Waals surface area contributed by atoms with Crippen molar-refractivity contribution < 1.29 is 0 Å². The Hall–Kier alpha value is -1.56. The predicted molar refractivity (Wildman–Crippen MR) is 80.6 cm³/mol. The van der Waals surface area contributed by atoms with Crippen molar-refractivity contribution in [2.45, 2.75) is 44.9 Å². The van der Waals surface area contributed by atoms with E-state index in [0.717, 1.165) is 0 Å². The van der Waals surface area contributed by atoms with Crippen LogP contribution in [0.4, 0.5) is 0 Å². The van der Waals surface area contributed by atoms with Gasteiger partial charge in [0.15, 0.2) is 0 Å². The number of aryl methyl sites for hydroxylation is 2. The molecule has 19 heavy (non-hydrogen) atoms. The second-order valence-corrected chi connectivity index (χ2v) is 6.39. The lowest BCUT2D eigenvalue weighted by Crippen LogP contribution is -2.20. The Morgan fingerprint density at radius 1 is 0.737 bits per heavy atom. The van der Waals surface area contributed by atoms with E-state index in [4.69, 9.17) is 0 Å². The molecule has 1 spiro atoms. The standard InChI is InChI=1S/C19H20/c1-13-6-8-17-16(11-13)15-7-5-14(2)12-18(15)19(17)9-3-4-10-19/h5-8,11-12H,3-4,9-10H2,1-2H3. The van der Waals surface area contributed by atoms with Crippen LogP contribution in [0, 0.1) is 13.8 Å². The van der Waals surface area contributed by atoms with Gasteiger partial charge < -0.3 is 0 Å². The molecule has 0 N–H and O–H groups in total. The second-order valence-electron chi connectivity index (χ2n) is 6.39. The third-order valence-corrected chi connectivity index (χ3v) is 5.13. The topological polar surface area (TPSA) is 0 Å². The van der Waals surface area contributed by atoms with Gasteiger partial charge in [-0.1, -0.05) is 60.4 Å². The molecular weight excluding hydrogens is 228 g/mol. The largest absolute Gasteiger partial charge is 0.0590 e. The van der Waals surface area contributed by atoms with E-state index in [1.54, 1.807) is 11.1 Å². The summed E-state index contributed by atoms with van der Waals surface area (Å²) in [7, 11) is 0. The zero-order chi connectivity index (χ0) is 13.0. The van der Waals surface area contributed by atoms with Gasteiger partial charge in [-0.25, -0.2) is 0 Å². The zero-order valence-electron chi connectivity index (χ0n) is 11.8. The van der Waals surface area contributed by atoms with Gasteiger partial charge in [-0.15, -0.1) is 0 Å². The summed E-state index contributed by atoms with van der Waals surface area (Å²) in [5, 5.41) is 0. The minimum absolute atomic E-state index is 0.338. The Labute approximate surface area is 115 Å². The van der Waals surface area contributed by atoms with Crippen LogP contribution in [0.3, 0.4) is 0 Å². The Kier molecular flexibility index (Phi) is 2.21. The summed E-state index contributed by atoms with van der Waals surface area (Å²) < 4.78 is 0. The lowest BCUT2D eigenvalue weighted by atomic mass is 9.76. The molecule has 0 radical (unpaired) electrons. The van der Waals surface area contributed by atoms with Gasteiger partial charge in [0.2, 0.25) is 0 Å². The molecule has 2 aromatic rings. The van der Waals surface area contributed by atoms with Crippen LogP contribution in [0.15, 0.2) is 36.4 Å². The molecule has 0 saturated heterocycles. The SMILES string of the molecule is Cc1ccc2c(c1)-c1ccc(C)cc1C21CCCC1. The molecule has 0 unspecified atom stereocenters. The third-order valence-electron chi connectivity index (χ3n) is 5.13. The Morgan fingerprint density at radius 2 is 1.42 bits per heavy atom. The Balaban J connectivity index is 2.07. The molecule has 0 aromatic heterocycles. The number of hydrogen-bond donors (Lipinski definition) is 0. The fourth-order valence-corrected chi connectivity index (χ4v) is 4.25. The summed E-state index contributed by atoms with van der Waals surface area (Å²) in [6, 6.07) is 14.1. The van der Waals surface area contributed by atoms with Gasteiger partial charge in [0.25, 0.3) is 0 Å². The molecule has 1 fully saturated rings. The molecule has 0 nitrogen and oxygen atoms in total. The van der Waals surface area contributed by atoms with Crippen molar-refractivity contribution in [1.82, 2.24) is 0 Å². The molecular formula is C19H20. The van der Waals surface area contributed by atoms with Crippen LogP contribution in [0.25, 0.3) is 11.1 Å². The lowest BCUT2D eigenvalue weighted by molar-refractivity contribution is 0.549. The van der Waals surface area contributed by atoms with Gasteiger partial charge in [0.1, 0.15) is 0 Å². The first kappa shape index (κ1) is 11.3. The first-order valence-electron chi connectivity index (χ1n) is 7.43. The van der Waals surface area contributed by atoms with Crippen molar-refractivity contribution in [2.75, 3.05) is 0 Å². The summed E-state index contributed by atoms with van der Waals surface area (Å²) in [5.74, 6) is 0. The summed E-state index contributed by atoms with van der Waals surface area (Å²) >= 11 is 0. The first-order chi connectivity index (χ1) is 9.21. The molecule has 4 rings (SSSR count). The minimum atomic E-state index is 0.338. The predicted octanol–water partition coefficient (Wildman–Crippen LogP) is 5.14. The summed E-state index contributed by atoms with van der Waals surface area (Å²) in [5.41, 5.74) is 9.30. The van der Waals surface area contributed by atoms with Crippen LogP contribution in [0.2, 0.25) is 0 Å². The van der Waals surface area contributed by atoms with Gasteiger partial charge in [-0.2, -0.15) is 0 Å². The fourth-order valence-electron chi connectivity index (χ4n) is 4.25. The van der Waals surface area contributed by atoms with Crippen LogP contribution in [-0.4, -0.2) is 0 Å². The number of rotatable bonds is 0. The highest BCUT2D eigenvalue weighted by Crippen LogP contribution is 2.56. The number of benzene rings is 2. The van der Waals surface area contributed by atoms with Crippen LogP contribution in [0.1, 0.15) is 47.9 Å². The van der Waals surface area contributed by atoms with Crippen LogP contribution >= 0.6 is 0 Å². The highest BCUT2D eigenvalue weighted by molar-refractivity contribution is 5.82. The summed E-state index contributed by atoms with van der Waals surface area (Å²) in [6.07, 6.45) is 5.42. The van der Waals surface area contributed by atoms with Crippen LogP contribution in [0.5, 0.6) is 0 Å². The molecule has 0 bridgehead atoms. The van der Waals surface area contributed by atoms with E-state index >= 15 is 0 Å². The van der Waals surface area contributed by atoms with E-state index in [-0.39, 0.29) is 0 Å². The molecule has 0 aliphatic heterocycles. The lowest BCUT2D eigenvalue weighted by Gasteiger charge is -2.26. The normalized spacial score (nSPS) is 18.6. The monoisotopic (exact) mass is 248 g/mol. The number of hydrogen-bond acceptors (Lipinski definition) is 0. The maximum absolute atomic E-state index is 2.44. The highest BCUT2D eigenvalue weighted by Gasteiger charge is 2.44. The Morgan fingerprint density at radius 3 is 2.21 bits per heavy atom. The molecule has 0 heterocycles. The highest BCUT2D eigenvalue weighted by atomic mass is 14.5. The average molecular weight is 248 g/mol. The van der Waals surface area contributed by atoms with E-state index in [1.807, 2.05) is 0 Å². The van der Waals surface area contributed by atoms with Gasteiger partial charge in [0.05, 0.1) is 0 Å². The first-order valence-corrected chi connectivity index (χ1v) is 7.43. The van der Waals surface area contributed by atoms with Crippen molar-refractivity contribution >= 4 is 0 Å². The summed E-state index contributed by atoms with van der Waals surface area (Å²) in [4.78, 5) is 0. The van der Waals surface area contributed by atoms with Crippen molar-refractivity contribution in [3.05, 3.63) is 58.7 Å². The molecule has 96 valence electrons. The smallest absolute Gasteiger partial charge is 0.0215 e. The molecule has 0 heteroatoms. The maximum atomic E-state index is 2.44. The van der Waals surface area contributed by atoms with Crippen molar-refractivity contribution in [3.8, 4) is 11.1 Å². The van der Waals surface area contributed by atoms with Crippen LogP contribution < -0.4 is 0 Å². The quantitative estimate of drug-likeness (QED) is 0.605. The summed E-state index contributed by atoms with van der Waals surface area (Å²) in [6.45, 7) is 4.42. The van der Waals surface area contributed by atoms with Crippen molar-refractivity contribution in [2.24, 2.45) is 0 Å². The molecule has 2 aliphatic rings.